The van der Waals surface area contributed by atoms with Crippen LogP contribution >= 0.6 is 0 Å². The van der Waals surface area contributed by atoms with E-state index in [0.717, 1.165) is 38.6 Å². The van der Waals surface area contributed by atoms with E-state index in [1.165, 1.54) is 16.2 Å². The molecular weight excluding hydrogens is 408 g/mol. The highest BCUT2D eigenvalue weighted by atomic mass is 16.5. The zero-order valence-corrected chi connectivity index (χ0v) is 18.6. The smallest absolute Gasteiger partial charge is 0.313 e. The van der Waals surface area contributed by atoms with Gasteiger partial charge in [0, 0.05) is 43.6 Å². The molecule has 0 aliphatic carbocycles. The summed E-state index contributed by atoms with van der Waals surface area (Å²) in [5.41, 5.74) is 6.20. The molecule has 0 aliphatic rings. The predicted octanol–water partition coefficient (Wildman–Crippen LogP) is 7.36. The number of nitrogens with one attached hydrogen (secondary N) is 2. The van der Waals surface area contributed by atoms with Crippen molar-refractivity contribution >= 4 is 49.6 Å². The van der Waals surface area contributed by atoms with E-state index in [1.54, 1.807) is 0 Å². The van der Waals surface area contributed by atoms with Gasteiger partial charge in [0.25, 0.3) is 0 Å². The second-order valence-corrected chi connectivity index (χ2v) is 8.75. The van der Waals surface area contributed by atoms with Crippen molar-refractivity contribution in [3.05, 3.63) is 96.1 Å². The minimum atomic E-state index is -0.361. The highest BCUT2D eigenvalue weighted by Gasteiger charge is 2.21. The maximum Gasteiger partial charge on any atom is 0.313 e. The van der Waals surface area contributed by atoms with Crippen molar-refractivity contribution in [2.24, 2.45) is 0 Å². The van der Waals surface area contributed by atoms with Crippen LogP contribution < -0.4 is 0 Å². The minimum Gasteiger partial charge on any atom is -0.457 e. The SMILES string of the molecule is C[C@@H](OC(=O)[C@H](C)c1ccc2c(c1)[nH]c1ccccc12)c1ccc2c(c1)[nH]c1ccccc12. The van der Waals surface area contributed by atoms with Crippen molar-refractivity contribution in [2.45, 2.75) is 25.9 Å². The molecule has 4 heteroatoms. The van der Waals surface area contributed by atoms with E-state index < -0.39 is 0 Å². The highest BCUT2D eigenvalue weighted by molar-refractivity contribution is 6.08. The van der Waals surface area contributed by atoms with Gasteiger partial charge in [0.1, 0.15) is 6.10 Å². The lowest BCUT2D eigenvalue weighted by molar-refractivity contribution is -0.150. The van der Waals surface area contributed by atoms with Crippen LogP contribution in [-0.4, -0.2) is 15.9 Å². The number of hydrogen-bond acceptors (Lipinski definition) is 2. The lowest BCUT2D eigenvalue weighted by Crippen LogP contribution is -2.15. The summed E-state index contributed by atoms with van der Waals surface area (Å²) in [4.78, 5) is 19.9. The van der Waals surface area contributed by atoms with Crippen LogP contribution in [0, 0.1) is 0 Å². The quantitative estimate of drug-likeness (QED) is 0.286. The van der Waals surface area contributed by atoms with Gasteiger partial charge in [0.2, 0.25) is 0 Å². The van der Waals surface area contributed by atoms with Crippen LogP contribution in [-0.2, 0) is 9.53 Å². The van der Waals surface area contributed by atoms with Gasteiger partial charge in [-0.05, 0) is 49.2 Å². The molecule has 4 nitrogen and oxygen atoms in total. The van der Waals surface area contributed by atoms with Crippen LogP contribution in [0.15, 0.2) is 84.9 Å². The molecule has 162 valence electrons. The molecule has 0 unspecified atom stereocenters. The van der Waals surface area contributed by atoms with Crippen molar-refractivity contribution in [1.82, 2.24) is 9.97 Å². The summed E-state index contributed by atoms with van der Waals surface area (Å²) in [6, 6.07) is 28.9. The fourth-order valence-corrected chi connectivity index (χ4v) is 4.75. The summed E-state index contributed by atoms with van der Waals surface area (Å²) < 4.78 is 5.88. The number of H-pyrrole nitrogens is 2. The lowest BCUT2D eigenvalue weighted by atomic mass is 9.99. The molecular formula is C29H24N2O2. The minimum absolute atomic E-state index is 0.227. The first-order chi connectivity index (χ1) is 16.1. The van der Waals surface area contributed by atoms with Gasteiger partial charge < -0.3 is 14.7 Å². The van der Waals surface area contributed by atoms with E-state index in [1.807, 2.05) is 50.2 Å². The molecule has 2 aromatic heterocycles. The summed E-state index contributed by atoms with van der Waals surface area (Å²) in [7, 11) is 0. The van der Waals surface area contributed by atoms with Crippen LogP contribution in [0.3, 0.4) is 0 Å². The van der Waals surface area contributed by atoms with E-state index in [2.05, 4.69) is 58.5 Å². The predicted molar refractivity (Wildman–Crippen MR) is 135 cm³/mol. The molecule has 2 N–H and O–H groups in total. The Morgan fingerprint density at radius 1 is 0.636 bits per heavy atom. The summed E-state index contributed by atoms with van der Waals surface area (Å²) in [6.07, 6.45) is -0.340. The third-order valence-corrected chi connectivity index (χ3v) is 6.68. The van der Waals surface area contributed by atoms with Crippen LogP contribution in [0.5, 0.6) is 0 Å². The zero-order valence-electron chi connectivity index (χ0n) is 18.6. The third-order valence-electron chi connectivity index (χ3n) is 6.68. The maximum atomic E-state index is 13.0. The average Bonchev–Trinajstić information content (AvgIpc) is 3.40. The van der Waals surface area contributed by atoms with Gasteiger partial charge in [-0.2, -0.15) is 0 Å². The number of benzene rings is 4. The number of carbonyl (C=O) groups is 1. The summed E-state index contributed by atoms with van der Waals surface area (Å²) in [6.45, 7) is 3.83. The fourth-order valence-electron chi connectivity index (χ4n) is 4.75. The maximum absolute atomic E-state index is 13.0. The van der Waals surface area contributed by atoms with Gasteiger partial charge in [-0.25, -0.2) is 0 Å². The van der Waals surface area contributed by atoms with Crippen molar-refractivity contribution in [1.29, 1.82) is 0 Å². The lowest BCUT2D eigenvalue weighted by Gasteiger charge is -2.18. The summed E-state index contributed by atoms with van der Waals surface area (Å²) >= 11 is 0. The standard InChI is InChI=1S/C29H24N2O2/c1-17(19-11-13-23-21-7-3-5-9-25(21)30-27(23)15-19)29(32)33-18(2)20-12-14-24-22-8-4-6-10-26(22)31-28(24)16-20/h3-18,30-31H,1-2H3/t17-,18-/m1/s1. The molecule has 2 heterocycles. The topological polar surface area (TPSA) is 57.9 Å². The Kier molecular flexibility index (Phi) is 4.47. The first-order valence-corrected chi connectivity index (χ1v) is 11.3. The van der Waals surface area contributed by atoms with Gasteiger partial charge >= 0.3 is 5.97 Å². The monoisotopic (exact) mass is 432 g/mol. The molecule has 6 rings (SSSR count). The largest absolute Gasteiger partial charge is 0.457 e. The van der Waals surface area contributed by atoms with Gasteiger partial charge in [-0.15, -0.1) is 0 Å². The van der Waals surface area contributed by atoms with Crippen LogP contribution in [0.1, 0.15) is 37.0 Å². The fraction of sp³-hybridized carbons (Fsp3) is 0.138. The number of aromatic amines is 2. The zero-order chi connectivity index (χ0) is 22.5. The molecule has 0 spiro atoms. The molecule has 0 aliphatic heterocycles. The van der Waals surface area contributed by atoms with Gasteiger partial charge in [-0.3, -0.25) is 4.79 Å². The molecule has 4 aromatic carbocycles. The normalized spacial score (nSPS) is 13.6. The van der Waals surface area contributed by atoms with Crippen molar-refractivity contribution in [3.8, 4) is 0 Å². The number of aromatic nitrogens is 2. The number of para-hydroxylation sites is 2. The summed E-state index contributed by atoms with van der Waals surface area (Å²) in [5, 5.41) is 4.72. The van der Waals surface area contributed by atoms with E-state index in [-0.39, 0.29) is 18.0 Å². The second-order valence-electron chi connectivity index (χ2n) is 8.75. The Morgan fingerprint density at radius 2 is 1.12 bits per heavy atom. The van der Waals surface area contributed by atoms with Crippen molar-refractivity contribution < 1.29 is 9.53 Å². The molecule has 0 amide bonds. The second kappa shape index (κ2) is 7.52. The van der Waals surface area contributed by atoms with Crippen molar-refractivity contribution in [2.75, 3.05) is 0 Å². The number of rotatable bonds is 4. The Labute approximate surface area is 191 Å². The third kappa shape index (κ3) is 3.26. The van der Waals surface area contributed by atoms with Crippen LogP contribution in [0.2, 0.25) is 0 Å². The molecule has 0 fully saturated rings. The van der Waals surface area contributed by atoms with Gasteiger partial charge in [0.15, 0.2) is 0 Å². The molecule has 0 saturated heterocycles. The first-order valence-electron chi connectivity index (χ1n) is 11.3. The number of fused-ring (bicyclic) bond motifs is 6. The van der Waals surface area contributed by atoms with E-state index in [9.17, 15) is 4.79 Å². The molecule has 0 saturated carbocycles. The summed E-state index contributed by atoms with van der Waals surface area (Å²) in [5.74, 6) is -0.588. The van der Waals surface area contributed by atoms with E-state index >= 15 is 0 Å². The van der Waals surface area contributed by atoms with Gasteiger partial charge in [0.05, 0.1) is 5.92 Å². The molecule has 2 atom stereocenters. The van der Waals surface area contributed by atoms with Crippen LogP contribution in [0.25, 0.3) is 43.6 Å². The van der Waals surface area contributed by atoms with Gasteiger partial charge in [-0.1, -0.05) is 60.7 Å². The number of ether oxygens (including phenoxy) is 1. The molecule has 0 radical (unpaired) electrons. The Bertz CT molecular complexity index is 1660. The number of esters is 1. The van der Waals surface area contributed by atoms with Crippen LogP contribution in [0.4, 0.5) is 0 Å². The molecule has 6 aromatic rings. The Hall–Kier alpha value is -4.05. The number of carbonyl (C=O) groups excluding carboxylic acids is 1. The first kappa shape index (κ1) is 19.6. The van der Waals surface area contributed by atoms with Crippen molar-refractivity contribution in [3.63, 3.8) is 0 Å². The Balaban J connectivity index is 1.25. The van der Waals surface area contributed by atoms with E-state index in [0.29, 0.717) is 0 Å². The molecule has 33 heavy (non-hydrogen) atoms. The molecule has 0 bridgehead atoms. The average molecular weight is 433 g/mol. The van der Waals surface area contributed by atoms with E-state index in [4.69, 9.17) is 4.74 Å². The Morgan fingerprint density at radius 3 is 1.73 bits per heavy atom. The number of hydrogen-bond donors (Lipinski definition) is 2. The highest BCUT2D eigenvalue weighted by Crippen LogP contribution is 2.31.